The van der Waals surface area contributed by atoms with Gasteiger partial charge < -0.3 is 9.67 Å². The number of aromatic hydroxyl groups is 1. The number of amides is 1. The average Bonchev–Trinajstić information content (AvgIpc) is 3.14. The first-order chi connectivity index (χ1) is 10.7. The number of aromatic nitrogens is 1. The third kappa shape index (κ3) is 2.44. The molecule has 6 heteroatoms. The first-order valence-corrected chi connectivity index (χ1v) is 7.51. The number of fused-ring (bicyclic) bond motifs is 1. The molecular formula is C16H13N3O2S. The van der Waals surface area contributed by atoms with Crippen LogP contribution in [0.1, 0.15) is 9.67 Å². The maximum Gasteiger partial charge on any atom is 0.305 e. The van der Waals surface area contributed by atoms with Crippen molar-refractivity contribution < 1.29 is 9.90 Å². The normalized spacial score (nSPS) is 11.3. The molecule has 0 spiro atoms. The molecular weight excluding hydrogens is 298 g/mol. The van der Waals surface area contributed by atoms with Crippen LogP contribution in [0.25, 0.3) is 10.9 Å². The standard InChI is InChI=1S/C16H13N3O2S/c1-2-9-19-12-7-4-3-6-11(12)14(16(19)21)17-18-15(20)13-8-5-10-22-13/h2-8,10,21H,1,9H2. The lowest BCUT2D eigenvalue weighted by Crippen LogP contribution is -1.92. The van der Waals surface area contributed by atoms with E-state index >= 15 is 0 Å². The summed E-state index contributed by atoms with van der Waals surface area (Å²) in [6, 6.07) is 10.9. The highest BCUT2D eigenvalue weighted by Gasteiger charge is 2.16. The number of carbonyl (C=O) groups is 1. The second-order valence-corrected chi connectivity index (χ2v) is 5.52. The van der Waals surface area contributed by atoms with Gasteiger partial charge in [-0.05, 0) is 17.5 Å². The fraction of sp³-hybridized carbons (Fsp3) is 0.0625. The molecule has 1 N–H and O–H groups in total. The van der Waals surface area contributed by atoms with Gasteiger partial charge in [-0.15, -0.1) is 28.1 Å². The number of benzene rings is 1. The molecule has 0 bridgehead atoms. The predicted octanol–water partition coefficient (Wildman–Crippen LogP) is 4.52. The zero-order valence-corrected chi connectivity index (χ0v) is 12.5. The number of rotatable bonds is 4. The van der Waals surface area contributed by atoms with Crippen molar-refractivity contribution in [3.8, 4) is 5.88 Å². The van der Waals surface area contributed by atoms with Crippen LogP contribution in [-0.2, 0) is 6.54 Å². The van der Waals surface area contributed by atoms with Gasteiger partial charge in [-0.25, -0.2) is 0 Å². The largest absolute Gasteiger partial charge is 0.493 e. The number of para-hydroxylation sites is 1. The van der Waals surface area contributed by atoms with Gasteiger partial charge in [0.1, 0.15) is 0 Å². The van der Waals surface area contributed by atoms with E-state index in [0.717, 1.165) is 10.9 Å². The topological polar surface area (TPSA) is 66.9 Å². The second-order valence-electron chi connectivity index (χ2n) is 4.57. The minimum Gasteiger partial charge on any atom is -0.493 e. The molecule has 0 aliphatic heterocycles. The minimum absolute atomic E-state index is 0.0242. The van der Waals surface area contributed by atoms with Crippen LogP contribution in [0.5, 0.6) is 5.88 Å². The number of hydrogen-bond acceptors (Lipinski definition) is 4. The second kappa shape index (κ2) is 5.95. The average molecular weight is 311 g/mol. The van der Waals surface area contributed by atoms with Crippen LogP contribution in [0.2, 0.25) is 0 Å². The van der Waals surface area contributed by atoms with Crippen LogP contribution < -0.4 is 0 Å². The SMILES string of the molecule is C=CCn1c(O)c(N=NC(=O)c2cccs2)c2ccccc21. The van der Waals surface area contributed by atoms with Gasteiger partial charge in [0.15, 0.2) is 5.69 Å². The molecule has 0 saturated heterocycles. The predicted molar refractivity (Wildman–Crippen MR) is 87.0 cm³/mol. The summed E-state index contributed by atoms with van der Waals surface area (Å²) in [5, 5.41) is 20.6. The summed E-state index contributed by atoms with van der Waals surface area (Å²) in [5.74, 6) is -0.446. The van der Waals surface area contributed by atoms with Gasteiger partial charge in [-0.1, -0.05) is 30.3 Å². The molecule has 0 saturated carbocycles. The molecule has 1 amide bonds. The molecule has 22 heavy (non-hydrogen) atoms. The van der Waals surface area contributed by atoms with E-state index < -0.39 is 5.91 Å². The number of azo groups is 1. The Kier molecular flexibility index (Phi) is 3.84. The third-order valence-corrected chi connectivity index (χ3v) is 4.06. The van der Waals surface area contributed by atoms with Crippen molar-refractivity contribution in [1.29, 1.82) is 0 Å². The van der Waals surface area contributed by atoms with Crippen LogP contribution in [-0.4, -0.2) is 15.6 Å². The number of carbonyl (C=O) groups excluding carboxylic acids is 1. The highest BCUT2D eigenvalue weighted by atomic mass is 32.1. The highest BCUT2D eigenvalue weighted by molar-refractivity contribution is 7.12. The fourth-order valence-electron chi connectivity index (χ4n) is 2.23. The number of thiophene rings is 1. The monoisotopic (exact) mass is 311 g/mol. The quantitative estimate of drug-likeness (QED) is 0.568. The lowest BCUT2D eigenvalue weighted by molar-refractivity contribution is 0.0999. The molecule has 0 aliphatic carbocycles. The molecule has 2 aromatic heterocycles. The molecule has 0 unspecified atom stereocenters. The first kappa shape index (κ1) is 14.2. The van der Waals surface area contributed by atoms with Crippen LogP contribution in [0, 0.1) is 0 Å². The molecule has 110 valence electrons. The van der Waals surface area contributed by atoms with Crippen LogP contribution in [0.4, 0.5) is 5.69 Å². The van der Waals surface area contributed by atoms with E-state index in [-0.39, 0.29) is 5.88 Å². The van der Waals surface area contributed by atoms with Gasteiger partial charge in [0.05, 0.1) is 10.4 Å². The van der Waals surface area contributed by atoms with E-state index in [4.69, 9.17) is 0 Å². The molecule has 0 fully saturated rings. The number of allylic oxidation sites excluding steroid dienone is 1. The Morgan fingerprint density at radius 2 is 2.14 bits per heavy atom. The van der Waals surface area contributed by atoms with Gasteiger partial charge in [-0.3, -0.25) is 4.79 Å². The maximum absolute atomic E-state index is 11.9. The summed E-state index contributed by atoms with van der Waals surface area (Å²) in [6.45, 7) is 4.13. The molecule has 3 rings (SSSR count). The van der Waals surface area contributed by atoms with E-state index in [1.54, 1.807) is 28.2 Å². The van der Waals surface area contributed by atoms with E-state index in [1.165, 1.54) is 11.3 Å². The summed E-state index contributed by atoms with van der Waals surface area (Å²) >= 11 is 1.30. The zero-order valence-electron chi connectivity index (χ0n) is 11.6. The number of hydrogen-bond donors (Lipinski definition) is 1. The van der Waals surface area contributed by atoms with Crippen LogP contribution in [0.3, 0.4) is 0 Å². The summed E-state index contributed by atoms with van der Waals surface area (Å²) in [5.41, 5.74) is 1.11. The fourth-order valence-corrected chi connectivity index (χ4v) is 2.83. The maximum atomic E-state index is 11.9. The van der Waals surface area contributed by atoms with E-state index in [1.807, 2.05) is 24.3 Å². The smallest absolute Gasteiger partial charge is 0.305 e. The molecule has 1 aromatic carbocycles. The number of nitrogens with zero attached hydrogens (tertiary/aromatic N) is 3. The Bertz CT molecular complexity index is 863. The van der Waals surface area contributed by atoms with Gasteiger partial charge in [-0.2, -0.15) is 0 Å². The van der Waals surface area contributed by atoms with Crippen molar-refractivity contribution >= 4 is 33.8 Å². The van der Waals surface area contributed by atoms with Gasteiger partial charge in [0, 0.05) is 11.9 Å². The Hall–Kier alpha value is -2.73. The Labute approximate surface area is 130 Å². The zero-order chi connectivity index (χ0) is 15.5. The minimum atomic E-state index is -0.421. The molecule has 0 aliphatic rings. The lowest BCUT2D eigenvalue weighted by Gasteiger charge is -2.01. The van der Waals surface area contributed by atoms with Crippen LogP contribution >= 0.6 is 11.3 Å². The molecule has 0 atom stereocenters. The Balaban J connectivity index is 2.05. The third-order valence-electron chi connectivity index (χ3n) is 3.20. The van der Waals surface area contributed by atoms with Crippen LogP contribution in [0.15, 0.2) is 64.7 Å². The molecule has 0 radical (unpaired) electrons. The van der Waals surface area contributed by atoms with Crippen molar-refractivity contribution in [2.75, 3.05) is 0 Å². The van der Waals surface area contributed by atoms with Crippen molar-refractivity contribution in [3.63, 3.8) is 0 Å². The molecule has 5 nitrogen and oxygen atoms in total. The summed E-state index contributed by atoms with van der Waals surface area (Å²) in [7, 11) is 0. The van der Waals surface area contributed by atoms with E-state index in [0.29, 0.717) is 17.1 Å². The molecule has 2 heterocycles. The highest BCUT2D eigenvalue weighted by Crippen LogP contribution is 2.38. The van der Waals surface area contributed by atoms with Crippen molar-refractivity contribution in [2.45, 2.75) is 6.54 Å². The van der Waals surface area contributed by atoms with Crippen molar-refractivity contribution in [2.24, 2.45) is 10.2 Å². The van der Waals surface area contributed by atoms with E-state index in [9.17, 15) is 9.90 Å². The van der Waals surface area contributed by atoms with Crippen molar-refractivity contribution in [1.82, 2.24) is 4.57 Å². The molecule has 3 aromatic rings. The van der Waals surface area contributed by atoms with Crippen molar-refractivity contribution in [3.05, 3.63) is 59.3 Å². The summed E-state index contributed by atoms with van der Waals surface area (Å²) < 4.78 is 1.67. The Morgan fingerprint density at radius 3 is 2.86 bits per heavy atom. The Morgan fingerprint density at radius 1 is 1.32 bits per heavy atom. The summed E-state index contributed by atoms with van der Waals surface area (Å²) in [4.78, 5) is 12.4. The lowest BCUT2D eigenvalue weighted by atomic mass is 10.2. The van der Waals surface area contributed by atoms with Gasteiger partial charge >= 0.3 is 5.91 Å². The van der Waals surface area contributed by atoms with Gasteiger partial charge in [0.25, 0.3) is 0 Å². The van der Waals surface area contributed by atoms with Gasteiger partial charge in [0.2, 0.25) is 5.88 Å². The van der Waals surface area contributed by atoms with E-state index in [2.05, 4.69) is 16.8 Å². The summed E-state index contributed by atoms with van der Waals surface area (Å²) in [6.07, 6.45) is 1.68. The first-order valence-electron chi connectivity index (χ1n) is 6.63.